The van der Waals surface area contributed by atoms with Crippen molar-refractivity contribution in [2.75, 3.05) is 31.8 Å². The third-order valence-corrected chi connectivity index (χ3v) is 2.05. The molecule has 9 heteroatoms. The zero-order valence-corrected chi connectivity index (χ0v) is 12.0. The van der Waals surface area contributed by atoms with E-state index in [0.29, 0.717) is 0 Å². The molecule has 0 spiro atoms. The first-order chi connectivity index (χ1) is 8.06. The molecule has 0 radical (unpaired) electrons. The fourth-order valence-electron chi connectivity index (χ4n) is 1.20. The Balaban J connectivity index is 0. The lowest BCUT2D eigenvalue weighted by molar-refractivity contribution is 0.381. The zero-order chi connectivity index (χ0) is 14.5. The number of nitrogens with two attached hydrogens (primary N) is 1. The molecule has 19 heavy (non-hydrogen) atoms. The number of anilines is 2. The van der Waals surface area contributed by atoms with Gasteiger partial charge in [0.15, 0.2) is 0 Å². The number of hydrogen-bond acceptors (Lipinski definition) is 5. The molecule has 0 saturated carbocycles. The number of nitrogen functional groups attached to an aromatic ring is 1. The normalized spacial score (nSPS) is 9.79. The minimum atomic E-state index is -4.67. The van der Waals surface area contributed by atoms with Gasteiger partial charge in [0.1, 0.15) is 5.75 Å². The monoisotopic (exact) mass is 296 g/mol. The Labute approximate surface area is 112 Å². The summed E-state index contributed by atoms with van der Waals surface area (Å²) in [4.78, 5) is 2.01. The Morgan fingerprint density at radius 3 is 2.00 bits per heavy atom. The standard InChI is InChI=1S/C10H16N2O.H2O4S.H2O/c1-7-5-9(12(2)3)10(13-4)6-8(7)11;1-5(2,3)4;/h5-6H,11H2,1-4H3;(H2,1,2,3,4);1H2. The second kappa shape index (κ2) is 7.79. The van der Waals surface area contributed by atoms with Gasteiger partial charge in [0.05, 0.1) is 12.8 Å². The fraction of sp³-hybridized carbons (Fsp3) is 0.400. The summed E-state index contributed by atoms with van der Waals surface area (Å²) in [5, 5.41) is 0. The van der Waals surface area contributed by atoms with Gasteiger partial charge in [0.25, 0.3) is 0 Å². The van der Waals surface area contributed by atoms with Gasteiger partial charge in [-0.2, -0.15) is 8.42 Å². The van der Waals surface area contributed by atoms with Crippen molar-refractivity contribution in [2.24, 2.45) is 0 Å². The summed E-state index contributed by atoms with van der Waals surface area (Å²) in [6.45, 7) is 1.99. The summed E-state index contributed by atoms with van der Waals surface area (Å²) in [5.74, 6) is 0.813. The number of aryl methyl sites for hydroxylation is 1. The SMILES string of the molecule is COc1cc(N)c(C)cc1N(C)C.O.O=S(=O)(O)O. The lowest BCUT2D eigenvalue weighted by Gasteiger charge is -2.18. The highest BCUT2D eigenvalue weighted by Crippen LogP contribution is 2.31. The molecule has 0 aromatic heterocycles. The van der Waals surface area contributed by atoms with Crippen molar-refractivity contribution in [3.8, 4) is 5.75 Å². The first-order valence-electron chi connectivity index (χ1n) is 4.87. The van der Waals surface area contributed by atoms with E-state index in [1.54, 1.807) is 7.11 Å². The van der Waals surface area contributed by atoms with Crippen LogP contribution in [-0.4, -0.2) is 44.2 Å². The smallest absolute Gasteiger partial charge is 0.394 e. The molecule has 6 N–H and O–H groups in total. The van der Waals surface area contributed by atoms with Crippen LogP contribution in [0.15, 0.2) is 12.1 Å². The first-order valence-corrected chi connectivity index (χ1v) is 6.27. The van der Waals surface area contributed by atoms with Crippen LogP contribution in [0.25, 0.3) is 0 Å². The topological polar surface area (TPSA) is 145 Å². The Morgan fingerprint density at radius 1 is 1.26 bits per heavy atom. The van der Waals surface area contributed by atoms with E-state index in [1.165, 1.54) is 0 Å². The summed E-state index contributed by atoms with van der Waals surface area (Å²) in [5.41, 5.74) is 8.66. The number of hydrogen-bond donors (Lipinski definition) is 3. The van der Waals surface area contributed by atoms with E-state index < -0.39 is 10.4 Å². The highest BCUT2D eigenvalue weighted by molar-refractivity contribution is 7.79. The van der Waals surface area contributed by atoms with Crippen molar-refractivity contribution >= 4 is 21.8 Å². The van der Waals surface area contributed by atoms with Gasteiger partial charge in [-0.1, -0.05) is 0 Å². The largest absolute Gasteiger partial charge is 0.495 e. The van der Waals surface area contributed by atoms with Gasteiger partial charge in [-0.3, -0.25) is 9.11 Å². The maximum atomic E-state index is 8.74. The summed E-state index contributed by atoms with van der Waals surface area (Å²) >= 11 is 0. The molecule has 0 atom stereocenters. The molecule has 0 amide bonds. The van der Waals surface area contributed by atoms with Crippen LogP contribution < -0.4 is 15.4 Å². The molecule has 0 fully saturated rings. The molecule has 0 aliphatic rings. The lowest BCUT2D eigenvalue weighted by atomic mass is 10.1. The molecule has 1 aromatic carbocycles. The molecule has 0 saturated heterocycles. The highest BCUT2D eigenvalue weighted by Gasteiger charge is 2.07. The molecule has 1 rings (SSSR count). The van der Waals surface area contributed by atoms with E-state index in [-0.39, 0.29) is 5.48 Å². The summed E-state index contributed by atoms with van der Waals surface area (Å²) in [6, 6.07) is 3.87. The Hall–Kier alpha value is -1.55. The summed E-state index contributed by atoms with van der Waals surface area (Å²) in [6.07, 6.45) is 0. The van der Waals surface area contributed by atoms with Crippen LogP contribution >= 0.6 is 0 Å². The summed E-state index contributed by atoms with van der Waals surface area (Å²) < 4.78 is 36.8. The van der Waals surface area contributed by atoms with E-state index in [9.17, 15) is 0 Å². The average Bonchev–Trinajstić information content (AvgIpc) is 2.18. The van der Waals surface area contributed by atoms with Crippen molar-refractivity contribution in [2.45, 2.75) is 6.92 Å². The van der Waals surface area contributed by atoms with Gasteiger partial charge >= 0.3 is 10.4 Å². The number of ether oxygens (including phenoxy) is 1. The minimum Gasteiger partial charge on any atom is -0.495 e. The van der Waals surface area contributed by atoms with Crippen LogP contribution in [-0.2, 0) is 10.4 Å². The van der Waals surface area contributed by atoms with Crippen LogP contribution in [0.2, 0.25) is 0 Å². The summed E-state index contributed by atoms with van der Waals surface area (Å²) in [7, 11) is 0.943. The van der Waals surface area contributed by atoms with Crippen molar-refractivity contribution in [1.29, 1.82) is 0 Å². The second-order valence-corrected chi connectivity index (χ2v) is 4.62. The van der Waals surface area contributed by atoms with Gasteiger partial charge < -0.3 is 20.8 Å². The van der Waals surface area contributed by atoms with Crippen molar-refractivity contribution in [1.82, 2.24) is 0 Å². The van der Waals surface area contributed by atoms with Gasteiger partial charge in [0.2, 0.25) is 0 Å². The number of nitrogens with zero attached hydrogens (tertiary/aromatic N) is 1. The Kier molecular flexibility index (Phi) is 8.11. The fourth-order valence-corrected chi connectivity index (χ4v) is 1.20. The molecule has 0 aliphatic carbocycles. The molecule has 0 unspecified atom stereocenters. The number of rotatable bonds is 2. The van der Waals surface area contributed by atoms with Crippen LogP contribution in [0, 0.1) is 6.92 Å². The van der Waals surface area contributed by atoms with Crippen LogP contribution in [0.1, 0.15) is 5.56 Å². The van der Waals surface area contributed by atoms with Crippen LogP contribution in [0.4, 0.5) is 11.4 Å². The van der Waals surface area contributed by atoms with Crippen LogP contribution in [0.3, 0.4) is 0 Å². The van der Waals surface area contributed by atoms with Gasteiger partial charge in [-0.05, 0) is 18.6 Å². The third kappa shape index (κ3) is 8.21. The molecular formula is C10H20N2O6S. The van der Waals surface area contributed by atoms with Crippen molar-refractivity contribution in [3.05, 3.63) is 17.7 Å². The lowest BCUT2D eigenvalue weighted by Crippen LogP contribution is -2.10. The predicted molar refractivity (Wildman–Crippen MR) is 74.3 cm³/mol. The van der Waals surface area contributed by atoms with E-state index in [4.69, 9.17) is 28.0 Å². The molecular weight excluding hydrogens is 276 g/mol. The maximum Gasteiger partial charge on any atom is 0.394 e. The average molecular weight is 296 g/mol. The molecule has 0 bridgehead atoms. The van der Waals surface area contributed by atoms with E-state index >= 15 is 0 Å². The van der Waals surface area contributed by atoms with E-state index in [1.807, 2.05) is 38.1 Å². The molecule has 0 heterocycles. The quantitative estimate of drug-likeness (QED) is 0.521. The Morgan fingerprint density at radius 2 is 1.68 bits per heavy atom. The maximum absolute atomic E-state index is 8.74. The van der Waals surface area contributed by atoms with E-state index in [0.717, 1.165) is 22.7 Å². The van der Waals surface area contributed by atoms with Crippen LogP contribution in [0.5, 0.6) is 5.75 Å². The first kappa shape index (κ1) is 19.8. The molecule has 112 valence electrons. The zero-order valence-electron chi connectivity index (χ0n) is 11.2. The minimum absolute atomic E-state index is 0. The van der Waals surface area contributed by atoms with Gasteiger partial charge in [0, 0.05) is 25.8 Å². The van der Waals surface area contributed by atoms with Crippen molar-refractivity contribution < 1.29 is 27.7 Å². The third-order valence-electron chi connectivity index (χ3n) is 2.05. The predicted octanol–water partition coefficient (Wildman–Crippen LogP) is 0.174. The molecule has 1 aromatic rings. The highest BCUT2D eigenvalue weighted by atomic mass is 32.3. The number of methoxy groups -OCH3 is 1. The van der Waals surface area contributed by atoms with Gasteiger partial charge in [-0.25, -0.2) is 0 Å². The Bertz CT molecular complexity index is 493. The molecule has 8 nitrogen and oxygen atoms in total. The van der Waals surface area contributed by atoms with Gasteiger partial charge in [-0.15, -0.1) is 0 Å². The van der Waals surface area contributed by atoms with E-state index in [2.05, 4.69) is 0 Å². The van der Waals surface area contributed by atoms with Crippen molar-refractivity contribution in [3.63, 3.8) is 0 Å². The second-order valence-electron chi connectivity index (χ2n) is 3.72. The number of benzene rings is 1. The molecule has 0 aliphatic heterocycles.